The van der Waals surface area contributed by atoms with E-state index in [0.717, 1.165) is 22.4 Å². The van der Waals surface area contributed by atoms with Gasteiger partial charge in [-0.2, -0.15) is 0 Å². The summed E-state index contributed by atoms with van der Waals surface area (Å²) in [6, 6.07) is 13.2. The molecule has 166 valence electrons. The van der Waals surface area contributed by atoms with E-state index in [2.05, 4.69) is 15.6 Å². The van der Waals surface area contributed by atoms with Crippen molar-refractivity contribution in [2.24, 2.45) is 0 Å². The molecule has 0 saturated heterocycles. The van der Waals surface area contributed by atoms with Gasteiger partial charge >= 0.3 is 0 Å². The van der Waals surface area contributed by atoms with Crippen LogP contribution in [0, 0.1) is 0 Å². The van der Waals surface area contributed by atoms with Gasteiger partial charge in [-0.3, -0.25) is 14.9 Å². The lowest BCUT2D eigenvalue weighted by Gasteiger charge is -2.09. The number of benzene rings is 2. The Kier molecular flexibility index (Phi) is 7.99. The maximum atomic E-state index is 12.3. The minimum absolute atomic E-state index is 0.0651. The van der Waals surface area contributed by atoms with E-state index < -0.39 is 0 Å². The Labute approximate surface area is 191 Å². The van der Waals surface area contributed by atoms with Gasteiger partial charge in [0.1, 0.15) is 0 Å². The molecular formula is C24H25N3O4S. The second-order valence-corrected chi connectivity index (χ2v) is 7.67. The quantitative estimate of drug-likeness (QED) is 0.468. The van der Waals surface area contributed by atoms with E-state index in [9.17, 15) is 9.59 Å². The zero-order valence-corrected chi connectivity index (χ0v) is 19.0. The second-order valence-electron chi connectivity index (χ2n) is 6.81. The van der Waals surface area contributed by atoms with Gasteiger partial charge in [0, 0.05) is 30.5 Å². The van der Waals surface area contributed by atoms with Crippen LogP contribution in [0.1, 0.15) is 25.0 Å². The number of anilines is 1. The van der Waals surface area contributed by atoms with E-state index in [4.69, 9.17) is 9.47 Å². The summed E-state index contributed by atoms with van der Waals surface area (Å²) in [4.78, 5) is 27.8. The Morgan fingerprint density at radius 2 is 1.91 bits per heavy atom. The third-order valence-electron chi connectivity index (χ3n) is 4.44. The summed E-state index contributed by atoms with van der Waals surface area (Å²) in [7, 11) is 1.58. The zero-order valence-electron chi connectivity index (χ0n) is 18.2. The highest BCUT2D eigenvalue weighted by atomic mass is 32.1. The Morgan fingerprint density at radius 3 is 2.59 bits per heavy atom. The first kappa shape index (κ1) is 23.0. The van der Waals surface area contributed by atoms with E-state index in [0.29, 0.717) is 29.8 Å². The van der Waals surface area contributed by atoms with Crippen LogP contribution >= 0.6 is 11.3 Å². The van der Waals surface area contributed by atoms with E-state index >= 15 is 0 Å². The summed E-state index contributed by atoms with van der Waals surface area (Å²) in [5.74, 6) is 0.936. The molecule has 1 heterocycles. The molecule has 0 spiro atoms. The molecule has 0 saturated carbocycles. The molecule has 2 amide bonds. The molecule has 0 aliphatic carbocycles. The van der Waals surface area contributed by atoms with Crippen molar-refractivity contribution in [1.82, 2.24) is 10.3 Å². The number of carbonyl (C=O) groups is 2. The van der Waals surface area contributed by atoms with Crippen LogP contribution in [0.25, 0.3) is 17.3 Å². The van der Waals surface area contributed by atoms with Gasteiger partial charge in [0.2, 0.25) is 11.8 Å². The number of nitrogens with one attached hydrogen (secondary N) is 2. The van der Waals surface area contributed by atoms with Crippen molar-refractivity contribution < 1.29 is 19.1 Å². The number of amides is 2. The van der Waals surface area contributed by atoms with Crippen molar-refractivity contribution in [3.05, 3.63) is 65.0 Å². The van der Waals surface area contributed by atoms with Crippen LogP contribution in [0.2, 0.25) is 0 Å². The Bertz CT molecular complexity index is 1110. The smallest absolute Gasteiger partial charge is 0.250 e. The topological polar surface area (TPSA) is 89.5 Å². The SMILES string of the molecule is CCOc1ccc(/C=C/C(=O)Nc2nc(-c3ccc(CNC(C)=O)cc3)cs2)cc1OC. The first-order valence-corrected chi connectivity index (χ1v) is 11.0. The Balaban J connectivity index is 1.60. The number of hydrogen-bond donors (Lipinski definition) is 2. The third kappa shape index (κ3) is 6.42. The molecule has 7 nitrogen and oxygen atoms in total. The summed E-state index contributed by atoms with van der Waals surface area (Å²) in [6.07, 6.45) is 3.16. The van der Waals surface area contributed by atoms with Gasteiger partial charge in [0.05, 0.1) is 19.4 Å². The average molecular weight is 452 g/mol. The molecule has 3 rings (SSSR count). The van der Waals surface area contributed by atoms with E-state index in [1.54, 1.807) is 13.2 Å². The highest BCUT2D eigenvalue weighted by Crippen LogP contribution is 2.29. The number of hydrogen-bond acceptors (Lipinski definition) is 6. The van der Waals surface area contributed by atoms with Gasteiger partial charge in [-0.1, -0.05) is 30.3 Å². The van der Waals surface area contributed by atoms with Crippen molar-refractivity contribution >= 4 is 34.4 Å². The minimum atomic E-state index is -0.274. The van der Waals surface area contributed by atoms with Crippen molar-refractivity contribution in [1.29, 1.82) is 0 Å². The average Bonchev–Trinajstić information content (AvgIpc) is 3.25. The minimum Gasteiger partial charge on any atom is -0.493 e. The van der Waals surface area contributed by atoms with Crippen LogP contribution < -0.4 is 20.1 Å². The first-order valence-electron chi connectivity index (χ1n) is 10.1. The zero-order chi connectivity index (χ0) is 22.9. The predicted molar refractivity (Wildman–Crippen MR) is 127 cm³/mol. The van der Waals surface area contributed by atoms with Crippen LogP contribution in [0.5, 0.6) is 11.5 Å². The molecule has 1 aromatic heterocycles. The molecule has 0 bridgehead atoms. The summed E-state index contributed by atoms with van der Waals surface area (Å²) in [6.45, 7) is 4.43. The first-order chi connectivity index (χ1) is 15.5. The highest BCUT2D eigenvalue weighted by Gasteiger charge is 2.08. The normalized spacial score (nSPS) is 10.7. The number of methoxy groups -OCH3 is 1. The number of nitrogens with zero attached hydrogens (tertiary/aromatic N) is 1. The number of aromatic nitrogens is 1. The lowest BCUT2D eigenvalue weighted by Crippen LogP contribution is -2.18. The molecule has 0 aliphatic heterocycles. The third-order valence-corrected chi connectivity index (χ3v) is 5.20. The molecule has 0 atom stereocenters. The molecular weight excluding hydrogens is 426 g/mol. The van der Waals surface area contributed by atoms with Gasteiger partial charge in [-0.15, -0.1) is 11.3 Å². The Hall–Kier alpha value is -3.65. The largest absolute Gasteiger partial charge is 0.493 e. The van der Waals surface area contributed by atoms with Crippen LogP contribution in [-0.4, -0.2) is 30.5 Å². The summed E-state index contributed by atoms with van der Waals surface area (Å²) >= 11 is 1.36. The van der Waals surface area contributed by atoms with Crippen LogP contribution in [-0.2, 0) is 16.1 Å². The summed E-state index contributed by atoms with van der Waals surface area (Å²) < 4.78 is 10.8. The molecule has 32 heavy (non-hydrogen) atoms. The van der Waals surface area contributed by atoms with Crippen molar-refractivity contribution in [2.45, 2.75) is 20.4 Å². The fraction of sp³-hybridized carbons (Fsp3) is 0.208. The molecule has 2 N–H and O–H groups in total. The predicted octanol–water partition coefficient (Wildman–Crippen LogP) is 4.51. The Morgan fingerprint density at radius 1 is 1.12 bits per heavy atom. The van der Waals surface area contributed by atoms with Crippen LogP contribution in [0.4, 0.5) is 5.13 Å². The standard InChI is InChI=1S/C24H25N3O4S/c1-4-31-21-11-7-17(13-22(21)30-3)8-12-23(29)27-24-26-20(15-32-24)19-9-5-18(6-10-19)14-25-16(2)28/h5-13,15H,4,14H2,1-3H3,(H,25,28)(H,26,27,29)/b12-8+. The van der Waals surface area contributed by atoms with E-state index in [1.807, 2.05) is 54.8 Å². The number of carbonyl (C=O) groups excluding carboxylic acids is 2. The van der Waals surface area contributed by atoms with Gasteiger partial charge in [-0.05, 0) is 36.3 Å². The summed E-state index contributed by atoms with van der Waals surface area (Å²) in [5, 5.41) is 7.95. The van der Waals surface area contributed by atoms with Crippen LogP contribution in [0.15, 0.2) is 53.9 Å². The monoisotopic (exact) mass is 451 g/mol. The molecule has 3 aromatic rings. The molecule has 8 heteroatoms. The molecule has 0 aliphatic rings. The van der Waals surface area contributed by atoms with Crippen molar-refractivity contribution in [3.8, 4) is 22.8 Å². The molecule has 0 radical (unpaired) electrons. The lowest BCUT2D eigenvalue weighted by atomic mass is 10.1. The highest BCUT2D eigenvalue weighted by molar-refractivity contribution is 7.14. The van der Waals surface area contributed by atoms with Gasteiger partial charge in [-0.25, -0.2) is 4.98 Å². The number of thiazole rings is 1. The molecule has 0 unspecified atom stereocenters. The van der Waals surface area contributed by atoms with Crippen molar-refractivity contribution in [2.75, 3.05) is 19.0 Å². The van der Waals surface area contributed by atoms with Gasteiger partial charge < -0.3 is 14.8 Å². The summed E-state index contributed by atoms with van der Waals surface area (Å²) in [5.41, 5.74) is 3.53. The van der Waals surface area contributed by atoms with E-state index in [1.165, 1.54) is 24.3 Å². The lowest BCUT2D eigenvalue weighted by molar-refractivity contribution is -0.119. The van der Waals surface area contributed by atoms with Gasteiger partial charge in [0.25, 0.3) is 0 Å². The number of rotatable bonds is 9. The fourth-order valence-corrected chi connectivity index (χ4v) is 3.59. The molecule has 2 aromatic carbocycles. The van der Waals surface area contributed by atoms with Gasteiger partial charge in [0.15, 0.2) is 16.6 Å². The fourth-order valence-electron chi connectivity index (χ4n) is 2.87. The second kappa shape index (κ2) is 11.1. The maximum absolute atomic E-state index is 12.3. The molecule has 0 fully saturated rings. The number of ether oxygens (including phenoxy) is 2. The van der Waals surface area contributed by atoms with Crippen molar-refractivity contribution in [3.63, 3.8) is 0 Å². The van der Waals surface area contributed by atoms with E-state index in [-0.39, 0.29) is 11.8 Å². The maximum Gasteiger partial charge on any atom is 0.250 e. The van der Waals surface area contributed by atoms with Crippen LogP contribution in [0.3, 0.4) is 0 Å².